The second kappa shape index (κ2) is 6.06. The molecule has 0 bridgehead atoms. The molecule has 1 heterocycles. The van der Waals surface area contributed by atoms with Crippen LogP contribution < -0.4 is 11.1 Å². The first-order chi connectivity index (χ1) is 9.69. The van der Waals surface area contributed by atoms with E-state index < -0.39 is 15.4 Å². The molecule has 0 aromatic heterocycles. The van der Waals surface area contributed by atoms with Crippen molar-refractivity contribution in [3.05, 3.63) is 23.2 Å². The number of nitrogens with two attached hydrogens (primary N) is 1. The zero-order valence-electron chi connectivity index (χ0n) is 11.6. The summed E-state index contributed by atoms with van der Waals surface area (Å²) in [7, 11) is -3.04. The van der Waals surface area contributed by atoms with Crippen LogP contribution in [0, 0.1) is 0 Å². The van der Waals surface area contributed by atoms with E-state index in [1.807, 2.05) is 0 Å². The number of amides is 1. The topological polar surface area (TPSA) is 89.3 Å². The van der Waals surface area contributed by atoms with Crippen LogP contribution in [0.15, 0.2) is 23.1 Å². The lowest BCUT2D eigenvalue weighted by molar-refractivity contribution is -0.120. The van der Waals surface area contributed by atoms with Crippen molar-refractivity contribution in [2.24, 2.45) is 0 Å². The van der Waals surface area contributed by atoms with E-state index in [-0.39, 0.29) is 23.2 Å². The number of hydrogen-bond acceptors (Lipinski definition) is 5. The Morgan fingerprint density at radius 2 is 2.24 bits per heavy atom. The second-order valence-electron chi connectivity index (χ2n) is 5.43. The van der Waals surface area contributed by atoms with Crippen LogP contribution in [0.5, 0.6) is 0 Å². The Kier molecular flexibility index (Phi) is 4.75. The minimum Gasteiger partial charge on any atom is -0.399 e. The van der Waals surface area contributed by atoms with Gasteiger partial charge in [-0.25, -0.2) is 8.42 Å². The number of carbonyl (C=O) groups is 1. The van der Waals surface area contributed by atoms with Gasteiger partial charge < -0.3 is 11.1 Å². The third-order valence-electron chi connectivity index (χ3n) is 3.26. The molecule has 1 aromatic rings. The summed E-state index contributed by atoms with van der Waals surface area (Å²) in [5.74, 6) is 0.0739. The zero-order chi connectivity index (χ0) is 15.7. The van der Waals surface area contributed by atoms with Gasteiger partial charge in [-0.3, -0.25) is 4.79 Å². The van der Waals surface area contributed by atoms with Gasteiger partial charge in [0.1, 0.15) is 0 Å². The van der Waals surface area contributed by atoms with E-state index in [2.05, 4.69) is 5.32 Å². The van der Waals surface area contributed by atoms with Crippen molar-refractivity contribution in [2.75, 3.05) is 23.0 Å². The third-order valence-corrected chi connectivity index (χ3v) is 6.66. The van der Waals surface area contributed by atoms with Crippen LogP contribution in [0.4, 0.5) is 5.69 Å². The lowest BCUT2D eigenvalue weighted by atomic mass is 10.0. The zero-order valence-corrected chi connectivity index (χ0v) is 13.9. The molecule has 1 saturated heterocycles. The van der Waals surface area contributed by atoms with E-state index in [9.17, 15) is 13.2 Å². The van der Waals surface area contributed by atoms with Crippen molar-refractivity contribution in [1.82, 2.24) is 5.32 Å². The van der Waals surface area contributed by atoms with Gasteiger partial charge in [0.05, 0.1) is 27.8 Å². The lowest BCUT2D eigenvalue weighted by Gasteiger charge is -2.23. The highest BCUT2D eigenvalue weighted by atomic mass is 35.5. The van der Waals surface area contributed by atoms with Crippen LogP contribution in [-0.2, 0) is 14.6 Å². The number of rotatable bonds is 4. The van der Waals surface area contributed by atoms with Gasteiger partial charge in [0.15, 0.2) is 9.84 Å². The Morgan fingerprint density at radius 3 is 2.86 bits per heavy atom. The molecular weight excluding hydrogens is 332 g/mol. The highest BCUT2D eigenvalue weighted by Crippen LogP contribution is 2.29. The Hall–Kier alpha value is -0.920. The summed E-state index contributed by atoms with van der Waals surface area (Å²) in [6, 6.07) is 5.08. The highest BCUT2D eigenvalue weighted by molar-refractivity contribution is 8.00. The molecule has 3 N–H and O–H groups in total. The summed E-state index contributed by atoms with van der Waals surface area (Å²) in [5, 5.41) is 3.34. The number of benzene rings is 1. The molecule has 0 radical (unpaired) electrons. The molecular formula is C13H17ClN2O3S2. The molecule has 0 spiro atoms. The number of carbonyl (C=O) groups excluding carboxylic acids is 1. The van der Waals surface area contributed by atoms with Crippen LogP contribution >= 0.6 is 23.4 Å². The third kappa shape index (κ3) is 4.52. The molecule has 1 aromatic carbocycles. The van der Waals surface area contributed by atoms with Gasteiger partial charge in [-0.2, -0.15) is 0 Å². The summed E-state index contributed by atoms with van der Waals surface area (Å²) in [5.41, 5.74) is 5.59. The highest BCUT2D eigenvalue weighted by Gasteiger charge is 2.39. The van der Waals surface area contributed by atoms with Crippen LogP contribution in [0.1, 0.15) is 13.3 Å². The van der Waals surface area contributed by atoms with Gasteiger partial charge in [-0.05, 0) is 31.5 Å². The van der Waals surface area contributed by atoms with E-state index in [4.69, 9.17) is 17.3 Å². The van der Waals surface area contributed by atoms with Crippen LogP contribution in [-0.4, -0.2) is 37.1 Å². The van der Waals surface area contributed by atoms with E-state index in [0.717, 1.165) is 4.90 Å². The molecule has 1 atom stereocenters. The summed E-state index contributed by atoms with van der Waals surface area (Å²) < 4.78 is 23.0. The van der Waals surface area contributed by atoms with Gasteiger partial charge in [-0.1, -0.05) is 11.6 Å². The second-order valence-corrected chi connectivity index (χ2v) is 9.04. The Balaban J connectivity index is 1.92. The molecule has 1 aliphatic rings. The summed E-state index contributed by atoms with van der Waals surface area (Å²) in [6.07, 6.45) is 0.449. The fourth-order valence-corrected chi connectivity index (χ4v) is 5.41. The lowest BCUT2D eigenvalue weighted by Crippen LogP contribution is -2.47. The molecule has 21 heavy (non-hydrogen) atoms. The predicted octanol–water partition coefficient (Wildman–Crippen LogP) is 1.71. The Morgan fingerprint density at radius 1 is 1.52 bits per heavy atom. The van der Waals surface area contributed by atoms with Crippen molar-refractivity contribution in [1.29, 1.82) is 0 Å². The summed E-state index contributed by atoms with van der Waals surface area (Å²) in [6.45, 7) is 1.76. The average Bonchev–Trinajstić information content (AvgIpc) is 2.64. The molecule has 8 heteroatoms. The first-order valence-electron chi connectivity index (χ1n) is 6.38. The van der Waals surface area contributed by atoms with Crippen molar-refractivity contribution in [3.63, 3.8) is 0 Å². The van der Waals surface area contributed by atoms with E-state index in [1.165, 1.54) is 11.8 Å². The molecule has 116 valence electrons. The monoisotopic (exact) mass is 348 g/mol. The fourth-order valence-electron chi connectivity index (χ4n) is 2.26. The largest absolute Gasteiger partial charge is 0.399 e. The van der Waals surface area contributed by atoms with Gasteiger partial charge in [-0.15, -0.1) is 11.8 Å². The number of anilines is 1. The Bertz CT molecular complexity index is 663. The summed E-state index contributed by atoms with van der Waals surface area (Å²) in [4.78, 5) is 12.7. The van der Waals surface area contributed by atoms with Gasteiger partial charge in [0.2, 0.25) is 5.91 Å². The minimum atomic E-state index is -3.04. The normalized spacial score (nSPS) is 23.9. The van der Waals surface area contributed by atoms with Crippen molar-refractivity contribution < 1.29 is 13.2 Å². The molecule has 1 amide bonds. The van der Waals surface area contributed by atoms with Crippen molar-refractivity contribution in [2.45, 2.75) is 23.8 Å². The van der Waals surface area contributed by atoms with E-state index in [0.29, 0.717) is 17.1 Å². The van der Waals surface area contributed by atoms with E-state index in [1.54, 1.807) is 25.1 Å². The molecule has 1 unspecified atom stereocenters. The molecule has 2 rings (SSSR count). The molecule has 1 aliphatic heterocycles. The maximum atomic E-state index is 12.0. The average molecular weight is 349 g/mol. The van der Waals surface area contributed by atoms with Crippen LogP contribution in [0.25, 0.3) is 0 Å². The molecule has 5 nitrogen and oxygen atoms in total. The number of nitrogen functional groups attached to an aromatic ring is 1. The van der Waals surface area contributed by atoms with Crippen LogP contribution in [0.2, 0.25) is 5.02 Å². The van der Waals surface area contributed by atoms with Gasteiger partial charge in [0.25, 0.3) is 0 Å². The number of hydrogen-bond donors (Lipinski definition) is 2. The van der Waals surface area contributed by atoms with Crippen LogP contribution in [0.3, 0.4) is 0 Å². The maximum Gasteiger partial charge on any atom is 0.230 e. The first-order valence-corrected chi connectivity index (χ1v) is 9.57. The van der Waals surface area contributed by atoms with Gasteiger partial charge in [0, 0.05) is 10.6 Å². The van der Waals surface area contributed by atoms with Gasteiger partial charge >= 0.3 is 0 Å². The number of nitrogens with one attached hydrogen (secondary N) is 1. The van der Waals surface area contributed by atoms with E-state index >= 15 is 0 Å². The molecule has 0 saturated carbocycles. The predicted molar refractivity (Wildman–Crippen MR) is 86.4 cm³/mol. The fraction of sp³-hybridized carbons (Fsp3) is 0.462. The summed E-state index contributed by atoms with van der Waals surface area (Å²) >= 11 is 7.31. The Labute approximate surface area is 133 Å². The van der Waals surface area contributed by atoms with Crippen molar-refractivity contribution >= 4 is 44.8 Å². The maximum absolute atomic E-state index is 12.0. The minimum absolute atomic E-state index is 0.00452. The quantitative estimate of drug-likeness (QED) is 0.638. The molecule has 0 aliphatic carbocycles. The molecule has 1 fully saturated rings. The SMILES string of the molecule is CC1(NC(=O)CSc2cc(N)ccc2Cl)CCS(=O)(=O)C1. The number of halogens is 1. The smallest absolute Gasteiger partial charge is 0.230 e. The first kappa shape index (κ1) is 16.5. The number of thioether (sulfide) groups is 1. The van der Waals surface area contributed by atoms with Crippen molar-refractivity contribution in [3.8, 4) is 0 Å². The standard InChI is InChI=1S/C13H17ClN2O3S2/c1-13(4-5-21(18,19)8-13)16-12(17)7-20-11-6-9(15)2-3-10(11)14/h2-3,6H,4-5,7-8,15H2,1H3,(H,16,17). The number of sulfone groups is 1.